The van der Waals surface area contributed by atoms with Crippen molar-refractivity contribution in [2.75, 3.05) is 6.54 Å². The first-order valence-corrected chi connectivity index (χ1v) is 8.15. The van der Waals surface area contributed by atoms with Crippen molar-refractivity contribution in [1.29, 1.82) is 0 Å². The molecule has 0 saturated carbocycles. The zero-order chi connectivity index (χ0) is 18.7. The first kappa shape index (κ1) is 17.6. The average molecular weight is 357 g/mol. The average Bonchev–Trinajstić information content (AvgIpc) is 3.35. The lowest BCUT2D eigenvalue weighted by Gasteiger charge is -2.22. The fourth-order valence-electron chi connectivity index (χ4n) is 3.17. The molecule has 1 N–H and O–H groups in total. The predicted molar refractivity (Wildman–Crippen MR) is 91.5 cm³/mol. The summed E-state index contributed by atoms with van der Waals surface area (Å²) in [5.41, 5.74) is 3.04. The number of likely N-dealkylation sites (tertiary alicyclic amines) is 1. The summed E-state index contributed by atoms with van der Waals surface area (Å²) in [5.74, 6) is 0.737. The van der Waals surface area contributed by atoms with E-state index in [1.807, 2.05) is 31.0 Å². The molecule has 4 heterocycles. The van der Waals surface area contributed by atoms with E-state index in [2.05, 4.69) is 15.2 Å². The van der Waals surface area contributed by atoms with Crippen molar-refractivity contribution in [3.8, 4) is 0 Å². The lowest BCUT2D eigenvalue weighted by Crippen LogP contribution is -2.30. The number of carbonyl (C=O) groups is 2. The molecule has 4 rings (SSSR count). The van der Waals surface area contributed by atoms with Gasteiger partial charge in [0, 0.05) is 25.9 Å². The second-order valence-electron chi connectivity index (χ2n) is 6.02. The van der Waals surface area contributed by atoms with Crippen LogP contribution in [0.4, 0.5) is 0 Å². The molecule has 1 aliphatic rings. The van der Waals surface area contributed by atoms with Crippen molar-refractivity contribution in [1.82, 2.24) is 24.8 Å². The molecule has 1 aliphatic heterocycles. The number of carbonyl (C=O) groups excluding carboxylic acids is 1. The number of nitrogens with zero attached hydrogens (tertiary/aromatic N) is 5. The summed E-state index contributed by atoms with van der Waals surface area (Å²) in [6.07, 6.45) is 5.18. The van der Waals surface area contributed by atoms with Gasteiger partial charge in [0.25, 0.3) is 12.4 Å². The number of aromatic nitrogens is 4. The van der Waals surface area contributed by atoms with Gasteiger partial charge >= 0.3 is 0 Å². The Morgan fingerprint density at radius 1 is 1.38 bits per heavy atom. The van der Waals surface area contributed by atoms with Gasteiger partial charge in [-0.2, -0.15) is 5.10 Å². The summed E-state index contributed by atoms with van der Waals surface area (Å²) in [6, 6.07) is 3.72. The van der Waals surface area contributed by atoms with E-state index in [4.69, 9.17) is 14.4 Å². The van der Waals surface area contributed by atoms with Gasteiger partial charge < -0.3 is 14.5 Å². The van der Waals surface area contributed by atoms with Gasteiger partial charge in [-0.3, -0.25) is 19.3 Å². The second-order valence-corrected chi connectivity index (χ2v) is 6.02. The maximum absolute atomic E-state index is 12.9. The molecule has 0 spiro atoms. The molecule has 1 atom stereocenters. The van der Waals surface area contributed by atoms with Crippen LogP contribution in [-0.2, 0) is 11.8 Å². The van der Waals surface area contributed by atoms with Crippen LogP contribution in [0.5, 0.6) is 0 Å². The number of hydrogen-bond donors (Lipinski definition) is 1. The fraction of sp³-hybridized carbons (Fsp3) is 0.353. The molecule has 3 aromatic heterocycles. The molecule has 26 heavy (non-hydrogen) atoms. The van der Waals surface area contributed by atoms with Crippen molar-refractivity contribution < 1.29 is 19.2 Å². The van der Waals surface area contributed by atoms with Crippen LogP contribution in [-0.4, -0.2) is 48.9 Å². The van der Waals surface area contributed by atoms with Crippen LogP contribution in [0.25, 0.3) is 11.0 Å². The first-order valence-electron chi connectivity index (χ1n) is 8.15. The third-order valence-electron chi connectivity index (χ3n) is 4.35. The Hall–Kier alpha value is -3.23. The number of carboxylic acid groups (broad SMARTS) is 1. The van der Waals surface area contributed by atoms with Crippen LogP contribution in [0.2, 0.25) is 0 Å². The molecule has 1 amide bonds. The normalized spacial score (nSPS) is 16.4. The number of pyridine rings is 1. The largest absolute Gasteiger partial charge is 0.483 e. The highest BCUT2D eigenvalue weighted by molar-refractivity contribution is 5.97. The van der Waals surface area contributed by atoms with Crippen LogP contribution in [0.3, 0.4) is 0 Å². The first-order chi connectivity index (χ1) is 12.5. The third-order valence-corrected chi connectivity index (χ3v) is 4.35. The van der Waals surface area contributed by atoms with E-state index in [0.717, 1.165) is 41.9 Å². The molecule has 1 saturated heterocycles. The minimum atomic E-state index is -0.250. The van der Waals surface area contributed by atoms with Gasteiger partial charge in [0.2, 0.25) is 0 Å². The summed E-state index contributed by atoms with van der Waals surface area (Å²) in [7, 11) is 1.84. The third kappa shape index (κ3) is 3.28. The van der Waals surface area contributed by atoms with Crippen LogP contribution >= 0.6 is 0 Å². The molecule has 136 valence electrons. The molecular weight excluding hydrogens is 338 g/mol. The molecule has 0 aromatic carbocycles. The van der Waals surface area contributed by atoms with Gasteiger partial charge in [-0.1, -0.05) is 5.16 Å². The molecule has 9 heteroatoms. The van der Waals surface area contributed by atoms with Gasteiger partial charge in [-0.15, -0.1) is 0 Å². The molecular formula is C17H19N5O4. The van der Waals surface area contributed by atoms with E-state index < -0.39 is 0 Å². The zero-order valence-electron chi connectivity index (χ0n) is 14.5. The van der Waals surface area contributed by atoms with Crippen molar-refractivity contribution in [3.63, 3.8) is 0 Å². The number of hydrogen-bond acceptors (Lipinski definition) is 6. The molecule has 1 fully saturated rings. The summed E-state index contributed by atoms with van der Waals surface area (Å²) in [6.45, 7) is 2.33. The van der Waals surface area contributed by atoms with Gasteiger partial charge in [-0.25, -0.2) is 0 Å². The van der Waals surface area contributed by atoms with Crippen molar-refractivity contribution >= 4 is 23.4 Å². The number of amides is 1. The SMILES string of the molecule is Cc1cc(C2CCCN2C(=O)c2cnc3cnn(C)c3c2)no1.O=CO. The highest BCUT2D eigenvalue weighted by atomic mass is 16.5. The molecule has 1 unspecified atom stereocenters. The Morgan fingerprint density at radius 2 is 2.15 bits per heavy atom. The van der Waals surface area contributed by atoms with Crippen molar-refractivity contribution in [2.45, 2.75) is 25.8 Å². The maximum Gasteiger partial charge on any atom is 0.290 e. The summed E-state index contributed by atoms with van der Waals surface area (Å²) >= 11 is 0. The number of fused-ring (bicyclic) bond motifs is 1. The molecule has 9 nitrogen and oxygen atoms in total. The van der Waals surface area contributed by atoms with Crippen molar-refractivity contribution in [2.24, 2.45) is 7.05 Å². The summed E-state index contributed by atoms with van der Waals surface area (Å²) < 4.78 is 6.89. The van der Waals surface area contributed by atoms with Crippen LogP contribution in [0.15, 0.2) is 29.0 Å². The fourth-order valence-corrected chi connectivity index (χ4v) is 3.17. The van der Waals surface area contributed by atoms with E-state index in [1.165, 1.54) is 0 Å². The van der Waals surface area contributed by atoms with Gasteiger partial charge in [0.1, 0.15) is 17.0 Å². The Bertz CT molecular complexity index is 932. The summed E-state index contributed by atoms with van der Waals surface area (Å²) in [5, 5.41) is 15.1. The Labute approximate surface area is 149 Å². The topological polar surface area (TPSA) is 114 Å². The van der Waals surface area contributed by atoms with Crippen LogP contribution in [0.1, 0.15) is 40.7 Å². The number of rotatable bonds is 2. The van der Waals surface area contributed by atoms with E-state index >= 15 is 0 Å². The Kier molecular flexibility index (Phi) is 4.97. The minimum absolute atomic E-state index is 0.0243. The quantitative estimate of drug-likeness (QED) is 0.697. The van der Waals surface area contributed by atoms with E-state index in [9.17, 15) is 4.79 Å². The van der Waals surface area contributed by atoms with Gasteiger partial charge in [0.05, 0.1) is 23.3 Å². The molecule has 0 radical (unpaired) electrons. The van der Waals surface area contributed by atoms with Crippen LogP contribution < -0.4 is 0 Å². The zero-order valence-corrected chi connectivity index (χ0v) is 14.5. The molecule has 3 aromatic rings. The standard InChI is InChI=1S/C16H17N5O2.CH2O2/c1-10-6-12(19-23-10)14-4-3-5-21(14)16(22)11-7-15-13(17-8-11)9-18-20(15)2;2-1-3/h6-9,14H,3-5H2,1-2H3;1H,(H,2,3). The maximum atomic E-state index is 12.9. The highest BCUT2D eigenvalue weighted by Gasteiger charge is 2.32. The number of aryl methyl sites for hydroxylation is 2. The smallest absolute Gasteiger partial charge is 0.290 e. The lowest BCUT2D eigenvalue weighted by molar-refractivity contribution is -0.122. The molecule has 0 bridgehead atoms. The van der Waals surface area contributed by atoms with E-state index in [0.29, 0.717) is 5.56 Å². The Balaban J connectivity index is 0.000000613. The lowest BCUT2D eigenvalue weighted by atomic mass is 10.1. The van der Waals surface area contributed by atoms with E-state index in [-0.39, 0.29) is 18.4 Å². The van der Waals surface area contributed by atoms with Crippen molar-refractivity contribution in [3.05, 3.63) is 41.5 Å². The van der Waals surface area contributed by atoms with E-state index in [1.54, 1.807) is 17.1 Å². The summed E-state index contributed by atoms with van der Waals surface area (Å²) in [4.78, 5) is 27.5. The van der Waals surface area contributed by atoms with Gasteiger partial charge in [-0.05, 0) is 25.8 Å². The highest BCUT2D eigenvalue weighted by Crippen LogP contribution is 2.32. The predicted octanol–water partition coefficient (Wildman–Crippen LogP) is 1.94. The van der Waals surface area contributed by atoms with Gasteiger partial charge in [0.15, 0.2) is 0 Å². The van der Waals surface area contributed by atoms with Crippen LogP contribution in [0, 0.1) is 6.92 Å². The monoisotopic (exact) mass is 357 g/mol. The second kappa shape index (κ2) is 7.34. The molecule has 0 aliphatic carbocycles. The minimum Gasteiger partial charge on any atom is -0.483 e. The Morgan fingerprint density at radius 3 is 2.85 bits per heavy atom.